The maximum Gasteiger partial charge on any atom is 0.330 e. The van der Waals surface area contributed by atoms with Crippen LogP contribution in [-0.4, -0.2) is 30.1 Å². The number of rotatable bonds is 2. The van der Waals surface area contributed by atoms with Gasteiger partial charge in [-0.05, 0) is 61.7 Å². The van der Waals surface area contributed by atoms with Crippen molar-refractivity contribution in [2.45, 2.75) is 52.4 Å². The van der Waals surface area contributed by atoms with E-state index in [4.69, 9.17) is 4.74 Å². The van der Waals surface area contributed by atoms with Crippen molar-refractivity contribution in [2.75, 3.05) is 13.2 Å². The van der Waals surface area contributed by atoms with Crippen LogP contribution in [0.25, 0.3) is 0 Å². The fourth-order valence-electron chi connectivity index (χ4n) is 6.81. The number of aliphatic hydroxyl groups is 1. The van der Waals surface area contributed by atoms with E-state index >= 15 is 0 Å². The summed E-state index contributed by atoms with van der Waals surface area (Å²) in [4.78, 5) is 23.9. The molecule has 132 valence electrons. The SMILES string of the molecule is C[C@]12CC[C@H]3[C@@H](CCC4=CC(=O)OC[C@@]43C)[C@@H]1CC[C@@H]2C(=O)CO. The Bertz CT molecular complexity index is 609. The second-order valence-corrected chi connectivity index (χ2v) is 8.91. The lowest BCUT2D eigenvalue weighted by Crippen LogP contribution is -2.52. The molecule has 1 heterocycles. The molecule has 4 heteroatoms. The molecular weight excluding hydrogens is 304 g/mol. The smallest absolute Gasteiger partial charge is 0.330 e. The van der Waals surface area contributed by atoms with Gasteiger partial charge in [-0.2, -0.15) is 0 Å². The van der Waals surface area contributed by atoms with Gasteiger partial charge in [-0.3, -0.25) is 4.79 Å². The van der Waals surface area contributed by atoms with E-state index in [2.05, 4.69) is 13.8 Å². The van der Waals surface area contributed by atoms with Gasteiger partial charge in [0.1, 0.15) is 13.2 Å². The fraction of sp³-hybridized carbons (Fsp3) is 0.800. The van der Waals surface area contributed by atoms with E-state index in [0.717, 1.165) is 38.5 Å². The van der Waals surface area contributed by atoms with Crippen molar-refractivity contribution in [3.63, 3.8) is 0 Å². The maximum atomic E-state index is 12.2. The summed E-state index contributed by atoms with van der Waals surface area (Å²) in [6.07, 6.45) is 8.02. The topological polar surface area (TPSA) is 63.6 Å². The van der Waals surface area contributed by atoms with Gasteiger partial charge in [-0.1, -0.05) is 19.4 Å². The summed E-state index contributed by atoms with van der Waals surface area (Å²) in [5.41, 5.74) is 1.31. The quantitative estimate of drug-likeness (QED) is 0.790. The van der Waals surface area contributed by atoms with Crippen molar-refractivity contribution < 1.29 is 19.4 Å². The molecule has 0 amide bonds. The summed E-state index contributed by atoms with van der Waals surface area (Å²) >= 11 is 0. The summed E-state index contributed by atoms with van der Waals surface area (Å²) in [6, 6.07) is 0. The van der Waals surface area contributed by atoms with Crippen LogP contribution >= 0.6 is 0 Å². The Hall–Kier alpha value is -1.16. The summed E-state index contributed by atoms with van der Waals surface area (Å²) in [7, 11) is 0. The number of hydrogen-bond acceptors (Lipinski definition) is 4. The number of ketones is 1. The van der Waals surface area contributed by atoms with Crippen LogP contribution in [0.2, 0.25) is 0 Å². The molecule has 0 aromatic heterocycles. The summed E-state index contributed by atoms with van der Waals surface area (Å²) in [5, 5.41) is 9.35. The molecule has 4 nitrogen and oxygen atoms in total. The monoisotopic (exact) mass is 332 g/mol. The zero-order valence-corrected chi connectivity index (χ0v) is 14.7. The maximum absolute atomic E-state index is 12.2. The third-order valence-electron chi connectivity index (χ3n) is 8.09. The van der Waals surface area contributed by atoms with Gasteiger partial charge < -0.3 is 9.84 Å². The molecule has 0 radical (unpaired) electrons. The lowest BCUT2D eigenvalue weighted by molar-refractivity contribution is -0.149. The van der Waals surface area contributed by atoms with E-state index < -0.39 is 0 Å². The zero-order valence-electron chi connectivity index (χ0n) is 14.7. The van der Waals surface area contributed by atoms with Gasteiger partial charge >= 0.3 is 5.97 Å². The van der Waals surface area contributed by atoms with Crippen molar-refractivity contribution in [3.05, 3.63) is 11.6 Å². The number of carbonyl (C=O) groups is 2. The molecule has 0 aromatic carbocycles. The first-order chi connectivity index (χ1) is 11.4. The van der Waals surface area contributed by atoms with Gasteiger partial charge in [0.25, 0.3) is 0 Å². The van der Waals surface area contributed by atoms with Crippen LogP contribution in [0.15, 0.2) is 11.6 Å². The van der Waals surface area contributed by atoms with Crippen LogP contribution in [0, 0.1) is 34.5 Å². The number of Topliss-reactive ketones (excluding diaryl/α,β-unsaturated/α-hetero) is 1. The third kappa shape index (κ3) is 2.08. The highest BCUT2D eigenvalue weighted by molar-refractivity contribution is 5.84. The zero-order chi connectivity index (χ0) is 17.1. The standard InChI is InChI=1S/C20H28O4/c1-19-8-7-15-13(14(19)5-6-16(19)17(22)10-21)4-3-12-9-18(23)24-11-20(12,15)2/h9,13-16,21H,3-8,10-11H2,1-2H3/t13-,14-,15-,16+,19-,20-/m0/s1. The molecule has 1 N–H and O–H groups in total. The number of hydrogen-bond donors (Lipinski definition) is 1. The Labute approximate surface area is 143 Å². The molecule has 3 aliphatic carbocycles. The van der Waals surface area contributed by atoms with Gasteiger partial charge in [-0.15, -0.1) is 0 Å². The van der Waals surface area contributed by atoms with Crippen molar-refractivity contribution in [1.29, 1.82) is 0 Å². The summed E-state index contributed by atoms with van der Waals surface area (Å²) in [5.74, 6) is 1.60. The Morgan fingerprint density at radius 2 is 2.04 bits per heavy atom. The summed E-state index contributed by atoms with van der Waals surface area (Å²) < 4.78 is 5.41. The van der Waals surface area contributed by atoms with E-state index in [-0.39, 0.29) is 35.1 Å². The highest BCUT2D eigenvalue weighted by Crippen LogP contribution is 2.65. The number of carbonyl (C=O) groups excluding carboxylic acids is 2. The highest BCUT2D eigenvalue weighted by Gasteiger charge is 2.60. The predicted octanol–water partition coefficient (Wildman–Crippen LogP) is 2.89. The van der Waals surface area contributed by atoms with E-state index in [0.29, 0.717) is 24.4 Å². The van der Waals surface area contributed by atoms with Crippen molar-refractivity contribution in [1.82, 2.24) is 0 Å². The molecule has 3 saturated carbocycles. The Morgan fingerprint density at radius 3 is 2.79 bits per heavy atom. The second kappa shape index (κ2) is 5.42. The van der Waals surface area contributed by atoms with E-state index in [1.165, 1.54) is 5.57 Å². The normalized spacial score (nSPS) is 47.1. The number of cyclic esters (lactones) is 1. The van der Waals surface area contributed by atoms with Crippen LogP contribution in [0.5, 0.6) is 0 Å². The van der Waals surface area contributed by atoms with Gasteiger partial charge in [0.05, 0.1) is 0 Å². The molecular formula is C20H28O4. The average molecular weight is 332 g/mol. The molecule has 0 unspecified atom stereocenters. The molecule has 0 saturated heterocycles. The molecule has 4 aliphatic rings. The average Bonchev–Trinajstić information content (AvgIpc) is 2.92. The molecule has 4 rings (SSSR count). The third-order valence-corrected chi connectivity index (χ3v) is 8.09. The number of aliphatic hydroxyl groups excluding tert-OH is 1. The second-order valence-electron chi connectivity index (χ2n) is 8.91. The predicted molar refractivity (Wildman–Crippen MR) is 89.0 cm³/mol. The first-order valence-corrected chi connectivity index (χ1v) is 9.41. The molecule has 24 heavy (non-hydrogen) atoms. The Morgan fingerprint density at radius 1 is 1.25 bits per heavy atom. The van der Waals surface area contributed by atoms with E-state index in [9.17, 15) is 14.7 Å². The minimum Gasteiger partial charge on any atom is -0.462 e. The molecule has 6 atom stereocenters. The number of ether oxygens (including phenoxy) is 1. The molecule has 0 spiro atoms. The van der Waals surface area contributed by atoms with Crippen molar-refractivity contribution >= 4 is 11.8 Å². The van der Waals surface area contributed by atoms with Gasteiger partial charge in [-0.25, -0.2) is 4.79 Å². The number of esters is 1. The van der Waals surface area contributed by atoms with Crippen LogP contribution < -0.4 is 0 Å². The van der Waals surface area contributed by atoms with Crippen LogP contribution in [-0.2, 0) is 14.3 Å². The molecule has 1 aliphatic heterocycles. The van der Waals surface area contributed by atoms with E-state index in [1.54, 1.807) is 6.08 Å². The molecule has 0 bridgehead atoms. The lowest BCUT2D eigenvalue weighted by atomic mass is 9.48. The highest BCUT2D eigenvalue weighted by atomic mass is 16.5. The van der Waals surface area contributed by atoms with Crippen molar-refractivity contribution in [3.8, 4) is 0 Å². The fourth-order valence-corrected chi connectivity index (χ4v) is 6.81. The molecule has 3 fully saturated rings. The van der Waals surface area contributed by atoms with Gasteiger partial charge in [0, 0.05) is 17.4 Å². The van der Waals surface area contributed by atoms with Gasteiger partial charge in [0.2, 0.25) is 0 Å². The number of fused-ring (bicyclic) bond motifs is 5. The minimum absolute atomic E-state index is 0.0166. The first kappa shape index (κ1) is 16.3. The summed E-state index contributed by atoms with van der Waals surface area (Å²) in [6.45, 7) is 4.76. The van der Waals surface area contributed by atoms with Crippen LogP contribution in [0.4, 0.5) is 0 Å². The van der Waals surface area contributed by atoms with E-state index in [1.807, 2.05) is 0 Å². The Kier molecular flexibility index (Phi) is 3.68. The lowest BCUT2D eigenvalue weighted by Gasteiger charge is -2.57. The van der Waals surface area contributed by atoms with Crippen molar-refractivity contribution in [2.24, 2.45) is 34.5 Å². The van der Waals surface area contributed by atoms with Gasteiger partial charge in [0.15, 0.2) is 5.78 Å². The van der Waals surface area contributed by atoms with Crippen LogP contribution in [0.3, 0.4) is 0 Å². The largest absolute Gasteiger partial charge is 0.462 e. The Balaban J connectivity index is 1.65. The molecule has 0 aromatic rings. The first-order valence-electron chi connectivity index (χ1n) is 9.41. The van der Waals surface area contributed by atoms with Crippen LogP contribution in [0.1, 0.15) is 52.4 Å². The minimum atomic E-state index is -0.318.